The van der Waals surface area contributed by atoms with E-state index in [1.165, 1.54) is 0 Å². The van der Waals surface area contributed by atoms with Gasteiger partial charge in [0, 0.05) is 0 Å². The van der Waals surface area contributed by atoms with Crippen LogP contribution in [0.5, 0.6) is 0 Å². The van der Waals surface area contributed by atoms with Crippen molar-refractivity contribution in [2.75, 3.05) is 0 Å². The second kappa shape index (κ2) is 7.38. The normalized spacial score (nSPS) is 34.0. The molecule has 1 N–H and O–H groups in total. The summed E-state index contributed by atoms with van der Waals surface area (Å²) < 4.78 is 0. The van der Waals surface area contributed by atoms with Crippen LogP contribution in [0.1, 0.15) is 27.2 Å². The number of carbonyl (C=O) groups is 1. The molecule has 0 aromatic heterocycles. The number of hydrogen-bond donors (Lipinski definition) is 1. The fraction of sp³-hybridized carbons (Fsp3) is 0.750. The summed E-state index contributed by atoms with van der Waals surface area (Å²) in [4.78, 5) is 11.0. The Bertz CT molecular complexity index is 209. The Labute approximate surface area is 107 Å². The molecule has 16 heavy (non-hydrogen) atoms. The van der Waals surface area contributed by atoms with Crippen molar-refractivity contribution in [1.82, 2.24) is 0 Å². The Morgan fingerprint density at radius 1 is 1.44 bits per heavy atom. The van der Waals surface area contributed by atoms with Crippen LogP contribution in [-0.2, 0) is 24.3 Å². The van der Waals surface area contributed by atoms with Crippen LogP contribution in [0.25, 0.3) is 0 Å². The molecule has 1 saturated carbocycles. The zero-order valence-corrected chi connectivity index (χ0v) is 18.7. The smallest absolute Gasteiger partial charge is 0.481 e. The summed E-state index contributed by atoms with van der Waals surface area (Å²) in [6.07, 6.45) is 1.02. The maximum atomic E-state index is 11.0. The SMILES string of the molecule is [CH2-]C(C)C1CC(C)C(C(=O)O)C1C.[CH3-].[Rf].[Rh+2]. The second-order valence-electron chi connectivity index (χ2n) is 4.58. The molecular weight excluding hydrogens is 546 g/mol. The molecule has 1 rings (SSSR count). The summed E-state index contributed by atoms with van der Waals surface area (Å²) >= 11 is 0. The quantitative estimate of drug-likeness (QED) is 0.412. The minimum atomic E-state index is -0.636. The monoisotopic (exact) mass is 568 g/mol. The van der Waals surface area contributed by atoms with E-state index < -0.39 is 5.97 Å². The molecule has 0 spiro atoms. The summed E-state index contributed by atoms with van der Waals surface area (Å²) in [6, 6.07) is 0. The van der Waals surface area contributed by atoms with E-state index in [1.54, 1.807) is 0 Å². The zero-order valence-electron chi connectivity index (χ0n) is 10.7. The van der Waals surface area contributed by atoms with Crippen molar-refractivity contribution in [2.24, 2.45) is 29.6 Å². The van der Waals surface area contributed by atoms with Crippen molar-refractivity contribution in [3.05, 3.63) is 14.4 Å². The van der Waals surface area contributed by atoms with Gasteiger partial charge in [-0.05, 0) is 18.3 Å². The average molecular weight is 568 g/mol. The molecule has 0 saturated heterocycles. The minimum absolute atomic E-state index is 0. The van der Waals surface area contributed by atoms with Gasteiger partial charge in [0.05, 0.1) is 5.92 Å². The van der Waals surface area contributed by atoms with Gasteiger partial charge in [0.25, 0.3) is 0 Å². The Hall–Kier alpha value is -0.907. The van der Waals surface area contributed by atoms with Crippen LogP contribution in [0.4, 0.5) is 0 Å². The first-order valence-electron chi connectivity index (χ1n) is 5.01. The van der Waals surface area contributed by atoms with Crippen molar-refractivity contribution >= 4 is 5.97 Å². The summed E-state index contributed by atoms with van der Waals surface area (Å²) in [5.74, 6) is 0.636. The molecule has 1 radical (unpaired) electrons. The first-order valence-corrected chi connectivity index (χ1v) is 5.01. The molecule has 0 aromatic rings. The first kappa shape index (κ1) is 20.5. The molecule has 93 valence electrons. The van der Waals surface area contributed by atoms with Gasteiger partial charge in [0.2, 0.25) is 0 Å². The van der Waals surface area contributed by atoms with Crippen LogP contribution in [0, 0.1) is 43.9 Å². The Morgan fingerprint density at radius 2 is 1.88 bits per heavy atom. The number of carboxylic acid groups (broad SMARTS) is 1. The number of aliphatic carboxylic acids is 1. The van der Waals surface area contributed by atoms with Gasteiger partial charge in [-0.1, -0.05) is 26.7 Å². The van der Waals surface area contributed by atoms with E-state index in [0.717, 1.165) is 6.42 Å². The fourth-order valence-electron chi connectivity index (χ4n) is 2.79. The Kier molecular flexibility index (Phi) is 9.46. The van der Waals surface area contributed by atoms with E-state index in [-0.39, 0.29) is 38.7 Å². The molecule has 5 unspecified atom stereocenters. The van der Waals surface area contributed by atoms with Gasteiger partial charge in [-0.25, -0.2) is 0 Å². The Morgan fingerprint density at radius 3 is 2.06 bits per heavy atom. The van der Waals surface area contributed by atoms with Gasteiger partial charge in [-0.2, -0.15) is 5.92 Å². The molecule has 0 aliphatic heterocycles. The number of carboxylic acids is 1. The maximum absolute atomic E-state index is 11.0. The Balaban J connectivity index is -0.000000563. The molecule has 0 bridgehead atoms. The second-order valence-corrected chi connectivity index (χ2v) is 4.58. The van der Waals surface area contributed by atoms with E-state index in [4.69, 9.17) is 5.11 Å². The standard InChI is InChI=1S/C11H19O2.CH3.Rf.Rh/c1-6(2)9-5-7(3)10(8(9)4)11(12)13;;;/h6-10H,1,5H2,2-4H3,(H,12,13);1H3;;/q2*-1;;+2. The van der Waals surface area contributed by atoms with Gasteiger partial charge in [0.15, 0.2) is 0 Å². The molecule has 2 nitrogen and oxygen atoms in total. The van der Waals surface area contributed by atoms with Gasteiger partial charge in [0.1, 0.15) is 0 Å². The van der Waals surface area contributed by atoms with Gasteiger partial charge < -0.3 is 19.5 Å². The number of rotatable bonds is 2. The molecule has 1 aliphatic rings. The minimum Gasteiger partial charge on any atom is -0.481 e. The predicted octanol–water partition coefficient (Wildman–Crippen LogP) is 2.90. The van der Waals surface area contributed by atoms with E-state index in [1.807, 2.05) is 6.92 Å². The molecule has 0 aromatic carbocycles. The van der Waals surface area contributed by atoms with Gasteiger partial charge >= 0.3 is 25.4 Å². The fourth-order valence-corrected chi connectivity index (χ4v) is 2.79. The third-order valence-electron chi connectivity index (χ3n) is 3.51. The van der Waals surface area contributed by atoms with Crippen molar-refractivity contribution in [3.63, 3.8) is 0 Å². The average Bonchev–Trinajstić information content (AvgIpc) is 2.26. The first-order chi connectivity index (χ1) is 5.95. The van der Waals surface area contributed by atoms with Crippen molar-refractivity contribution in [1.29, 1.82) is 0 Å². The maximum Gasteiger partial charge on any atom is 2.00 e. The summed E-state index contributed by atoms with van der Waals surface area (Å²) in [7, 11) is 0. The van der Waals surface area contributed by atoms with Crippen molar-refractivity contribution in [2.45, 2.75) is 27.2 Å². The van der Waals surface area contributed by atoms with Crippen LogP contribution in [0.15, 0.2) is 0 Å². The van der Waals surface area contributed by atoms with E-state index >= 15 is 0 Å². The van der Waals surface area contributed by atoms with Crippen molar-refractivity contribution in [3.8, 4) is 0 Å². The molecule has 1 fully saturated rings. The van der Waals surface area contributed by atoms with Crippen LogP contribution < -0.4 is 0 Å². The molecular formula is C12H22O2RfRh. The summed E-state index contributed by atoms with van der Waals surface area (Å²) in [5, 5.41) is 9.03. The van der Waals surface area contributed by atoms with Crippen LogP contribution in [0.2, 0.25) is 0 Å². The topological polar surface area (TPSA) is 37.3 Å². The van der Waals surface area contributed by atoms with E-state index in [9.17, 15) is 4.79 Å². The van der Waals surface area contributed by atoms with Crippen LogP contribution in [-0.4, -0.2) is 11.1 Å². The third kappa shape index (κ3) is 3.59. The van der Waals surface area contributed by atoms with Gasteiger partial charge in [-0.15, -0.1) is 0 Å². The molecule has 0 heterocycles. The third-order valence-corrected chi connectivity index (χ3v) is 3.51. The van der Waals surface area contributed by atoms with Crippen LogP contribution >= 0.6 is 0 Å². The zero-order chi connectivity index (χ0) is 10.2. The molecule has 1 aliphatic carbocycles. The van der Waals surface area contributed by atoms with Crippen LogP contribution in [0.3, 0.4) is 0 Å². The molecule has 5 atom stereocenters. The summed E-state index contributed by atoms with van der Waals surface area (Å²) in [6.45, 7) is 10.2. The largest absolute Gasteiger partial charge is 2.00 e. The van der Waals surface area contributed by atoms with Crippen molar-refractivity contribution < 1.29 is 29.4 Å². The molecule has 0 amide bonds. The van der Waals surface area contributed by atoms with Gasteiger partial charge in [-0.3, -0.25) is 4.79 Å². The summed E-state index contributed by atoms with van der Waals surface area (Å²) in [5.41, 5.74) is 0. The molecule has 4 heteroatoms. The predicted molar refractivity (Wildman–Crippen MR) is 58.5 cm³/mol. The van der Waals surface area contributed by atoms with E-state index in [2.05, 4.69) is 20.8 Å². The van der Waals surface area contributed by atoms with E-state index in [0.29, 0.717) is 17.8 Å². The number of hydrogen-bond acceptors (Lipinski definition) is 1.